The zero-order valence-electron chi connectivity index (χ0n) is 10.8. The molecule has 0 atom stereocenters. The molecule has 0 aliphatic rings. The average Bonchev–Trinajstić information content (AvgIpc) is 2.34. The Balaban J connectivity index is 2.39. The lowest BCUT2D eigenvalue weighted by Gasteiger charge is -2.13. The molecule has 0 radical (unpaired) electrons. The maximum absolute atomic E-state index is 6.07. The van der Waals surface area contributed by atoms with Gasteiger partial charge in [-0.15, -0.1) is 0 Å². The Morgan fingerprint density at radius 2 is 1.72 bits per heavy atom. The summed E-state index contributed by atoms with van der Waals surface area (Å²) in [6.45, 7) is 6.02. The highest BCUT2D eigenvalue weighted by molar-refractivity contribution is 6.31. The minimum absolute atomic E-state index is 0.593. The third-order valence-corrected chi connectivity index (χ3v) is 3.48. The van der Waals surface area contributed by atoms with E-state index in [-0.39, 0.29) is 0 Å². The largest absolute Gasteiger partial charge is 0.455 e. The number of rotatable bonds is 2. The van der Waals surface area contributed by atoms with Crippen LogP contribution < -0.4 is 10.5 Å². The van der Waals surface area contributed by atoms with Gasteiger partial charge in [0.1, 0.15) is 5.75 Å². The molecule has 2 nitrogen and oxygen atoms in total. The van der Waals surface area contributed by atoms with Gasteiger partial charge in [-0.25, -0.2) is 0 Å². The molecule has 0 aromatic heterocycles. The number of benzene rings is 2. The van der Waals surface area contributed by atoms with Gasteiger partial charge in [-0.2, -0.15) is 0 Å². The van der Waals surface area contributed by atoms with Gasteiger partial charge in [0.05, 0.1) is 5.69 Å². The van der Waals surface area contributed by atoms with Crippen molar-refractivity contribution < 1.29 is 4.74 Å². The minimum Gasteiger partial charge on any atom is -0.455 e. The van der Waals surface area contributed by atoms with E-state index in [0.29, 0.717) is 16.5 Å². The SMILES string of the molecule is Cc1ccc(Oc2c(N)ccc(Cl)c2C)cc1C. The Morgan fingerprint density at radius 1 is 1.00 bits per heavy atom. The predicted molar refractivity (Wildman–Crippen MR) is 76.6 cm³/mol. The molecule has 2 aromatic rings. The fraction of sp³-hybridized carbons (Fsp3) is 0.200. The molecule has 0 aliphatic heterocycles. The van der Waals surface area contributed by atoms with Crippen molar-refractivity contribution in [3.05, 3.63) is 52.0 Å². The first kappa shape index (κ1) is 12.8. The molecule has 94 valence electrons. The van der Waals surface area contributed by atoms with Crippen molar-refractivity contribution in [2.45, 2.75) is 20.8 Å². The lowest BCUT2D eigenvalue weighted by atomic mass is 10.1. The molecule has 0 spiro atoms. The number of ether oxygens (including phenoxy) is 1. The second kappa shape index (κ2) is 4.91. The van der Waals surface area contributed by atoms with Crippen LogP contribution in [0.4, 0.5) is 5.69 Å². The molecule has 2 rings (SSSR count). The smallest absolute Gasteiger partial charge is 0.154 e. The Bertz CT molecular complexity index is 593. The lowest BCUT2D eigenvalue weighted by molar-refractivity contribution is 0.481. The standard InChI is InChI=1S/C15H16ClNO/c1-9-4-5-12(8-10(9)2)18-15-11(3)13(16)6-7-14(15)17/h4-8H,17H2,1-3H3. The first-order valence-corrected chi connectivity index (χ1v) is 6.16. The van der Waals surface area contributed by atoms with Crippen LogP contribution in [-0.4, -0.2) is 0 Å². The van der Waals surface area contributed by atoms with Crippen LogP contribution in [0.5, 0.6) is 11.5 Å². The minimum atomic E-state index is 0.593. The van der Waals surface area contributed by atoms with Crippen molar-refractivity contribution in [1.29, 1.82) is 0 Å². The van der Waals surface area contributed by atoms with Crippen LogP contribution in [0.25, 0.3) is 0 Å². The molecule has 3 heteroatoms. The summed E-state index contributed by atoms with van der Waals surface area (Å²) in [4.78, 5) is 0. The molecule has 0 fully saturated rings. The number of nitrogen functional groups attached to an aromatic ring is 1. The van der Waals surface area contributed by atoms with E-state index in [9.17, 15) is 0 Å². The summed E-state index contributed by atoms with van der Waals surface area (Å²) in [5, 5.41) is 0.656. The van der Waals surface area contributed by atoms with Crippen molar-refractivity contribution in [3.8, 4) is 11.5 Å². The second-order valence-electron chi connectivity index (χ2n) is 4.44. The number of hydrogen-bond donors (Lipinski definition) is 1. The number of nitrogens with two attached hydrogens (primary N) is 1. The van der Waals surface area contributed by atoms with E-state index in [0.717, 1.165) is 11.3 Å². The number of aryl methyl sites for hydroxylation is 2. The quantitative estimate of drug-likeness (QED) is 0.800. The van der Waals surface area contributed by atoms with Crippen LogP contribution in [-0.2, 0) is 0 Å². The van der Waals surface area contributed by atoms with Crippen LogP contribution in [0.2, 0.25) is 5.02 Å². The van der Waals surface area contributed by atoms with Gasteiger partial charge in [0, 0.05) is 10.6 Å². The van der Waals surface area contributed by atoms with Crippen LogP contribution in [0, 0.1) is 20.8 Å². The van der Waals surface area contributed by atoms with E-state index in [1.807, 2.05) is 25.1 Å². The first-order valence-electron chi connectivity index (χ1n) is 5.78. The summed E-state index contributed by atoms with van der Waals surface area (Å²) >= 11 is 6.07. The molecule has 0 saturated heterocycles. The first-order chi connectivity index (χ1) is 8.49. The van der Waals surface area contributed by atoms with Crippen LogP contribution in [0.3, 0.4) is 0 Å². The van der Waals surface area contributed by atoms with E-state index in [1.165, 1.54) is 11.1 Å². The summed E-state index contributed by atoms with van der Waals surface area (Å²) in [7, 11) is 0. The molecule has 0 amide bonds. The molecule has 0 aliphatic carbocycles. The average molecular weight is 262 g/mol. The van der Waals surface area contributed by atoms with Crippen molar-refractivity contribution in [1.82, 2.24) is 0 Å². The van der Waals surface area contributed by atoms with Crippen molar-refractivity contribution >= 4 is 17.3 Å². The van der Waals surface area contributed by atoms with Crippen LogP contribution in [0.1, 0.15) is 16.7 Å². The fourth-order valence-corrected chi connectivity index (χ4v) is 1.87. The highest BCUT2D eigenvalue weighted by Crippen LogP contribution is 2.35. The second-order valence-corrected chi connectivity index (χ2v) is 4.85. The van der Waals surface area contributed by atoms with Crippen LogP contribution in [0.15, 0.2) is 30.3 Å². The molecule has 0 heterocycles. The van der Waals surface area contributed by atoms with E-state index in [1.54, 1.807) is 12.1 Å². The van der Waals surface area contributed by atoms with Gasteiger partial charge < -0.3 is 10.5 Å². The van der Waals surface area contributed by atoms with Crippen LogP contribution >= 0.6 is 11.6 Å². The van der Waals surface area contributed by atoms with E-state index >= 15 is 0 Å². The van der Waals surface area contributed by atoms with Gasteiger partial charge in [-0.3, -0.25) is 0 Å². The molecule has 0 unspecified atom stereocenters. The summed E-state index contributed by atoms with van der Waals surface area (Å²) < 4.78 is 5.85. The van der Waals surface area contributed by atoms with E-state index in [4.69, 9.17) is 22.1 Å². The van der Waals surface area contributed by atoms with Crippen molar-refractivity contribution in [3.63, 3.8) is 0 Å². The molecular formula is C15H16ClNO. The fourth-order valence-electron chi connectivity index (χ4n) is 1.72. The van der Waals surface area contributed by atoms with Crippen molar-refractivity contribution in [2.24, 2.45) is 0 Å². The molecule has 18 heavy (non-hydrogen) atoms. The zero-order valence-corrected chi connectivity index (χ0v) is 11.5. The van der Waals surface area contributed by atoms with Gasteiger partial charge in [0.25, 0.3) is 0 Å². The maximum atomic E-state index is 6.07. The number of anilines is 1. The maximum Gasteiger partial charge on any atom is 0.154 e. The summed E-state index contributed by atoms with van der Waals surface area (Å²) in [6.07, 6.45) is 0. The predicted octanol–water partition coefficient (Wildman–Crippen LogP) is 4.64. The Labute approximate surface area is 112 Å². The molecule has 2 aromatic carbocycles. The Kier molecular flexibility index (Phi) is 3.48. The summed E-state index contributed by atoms with van der Waals surface area (Å²) in [5.41, 5.74) is 9.79. The monoisotopic (exact) mass is 261 g/mol. The van der Waals surface area contributed by atoms with E-state index < -0.39 is 0 Å². The van der Waals surface area contributed by atoms with Gasteiger partial charge >= 0.3 is 0 Å². The van der Waals surface area contributed by atoms with Crippen molar-refractivity contribution in [2.75, 3.05) is 5.73 Å². The Morgan fingerprint density at radius 3 is 2.39 bits per heavy atom. The van der Waals surface area contributed by atoms with E-state index in [2.05, 4.69) is 13.8 Å². The highest BCUT2D eigenvalue weighted by atomic mass is 35.5. The molecule has 2 N–H and O–H groups in total. The third-order valence-electron chi connectivity index (χ3n) is 3.07. The van der Waals surface area contributed by atoms with Gasteiger partial charge in [-0.1, -0.05) is 17.7 Å². The summed E-state index contributed by atoms with van der Waals surface area (Å²) in [5.74, 6) is 1.40. The topological polar surface area (TPSA) is 35.2 Å². The highest BCUT2D eigenvalue weighted by Gasteiger charge is 2.09. The summed E-state index contributed by atoms with van der Waals surface area (Å²) in [6, 6.07) is 9.49. The lowest BCUT2D eigenvalue weighted by Crippen LogP contribution is -1.95. The molecular weight excluding hydrogens is 246 g/mol. The number of halogens is 1. The van der Waals surface area contributed by atoms with Gasteiger partial charge in [0.2, 0.25) is 0 Å². The van der Waals surface area contributed by atoms with Gasteiger partial charge in [0.15, 0.2) is 5.75 Å². The Hall–Kier alpha value is -1.67. The number of hydrogen-bond acceptors (Lipinski definition) is 2. The zero-order chi connectivity index (χ0) is 13.3. The van der Waals surface area contributed by atoms with Gasteiger partial charge in [-0.05, 0) is 56.2 Å². The molecule has 0 saturated carbocycles. The third kappa shape index (κ3) is 2.44. The molecule has 0 bridgehead atoms. The normalized spacial score (nSPS) is 10.4.